The van der Waals surface area contributed by atoms with Crippen LogP contribution in [0.15, 0.2) is 42.5 Å². The summed E-state index contributed by atoms with van der Waals surface area (Å²) in [5.41, 5.74) is 0.349. The molecule has 2 aromatic carbocycles. The van der Waals surface area contributed by atoms with E-state index < -0.39 is 17.6 Å². The zero-order chi connectivity index (χ0) is 19.6. The molecule has 0 aliphatic carbocycles. The first-order valence-corrected chi connectivity index (χ1v) is 8.25. The fraction of sp³-hybridized carbons (Fsp3) is 0.263. The van der Waals surface area contributed by atoms with Crippen LogP contribution in [-0.2, 0) is 17.5 Å². The molecule has 0 aromatic heterocycles. The molecular weight excluding hydrogens is 361 g/mol. The number of para-hydroxylation sites is 1. The minimum Gasteiger partial charge on any atom is -0.489 e. The Kier molecular flexibility index (Phi) is 5.07. The van der Waals surface area contributed by atoms with Gasteiger partial charge >= 0.3 is 6.18 Å². The minimum atomic E-state index is -4.57. The number of amides is 2. The van der Waals surface area contributed by atoms with Crippen LogP contribution in [0.4, 0.5) is 18.9 Å². The number of halogens is 3. The Bertz CT molecular complexity index is 863. The molecule has 142 valence electrons. The zero-order valence-corrected chi connectivity index (χ0v) is 14.5. The number of anilines is 1. The van der Waals surface area contributed by atoms with Gasteiger partial charge in [0.25, 0.3) is 5.91 Å². The number of fused-ring (bicyclic) bond motifs is 1. The fourth-order valence-corrected chi connectivity index (χ4v) is 2.83. The van der Waals surface area contributed by atoms with Crippen molar-refractivity contribution in [3.05, 3.63) is 59.2 Å². The Hall–Kier alpha value is -3.03. The number of benzene rings is 2. The highest BCUT2D eigenvalue weighted by molar-refractivity contribution is 6.07. The van der Waals surface area contributed by atoms with Gasteiger partial charge in [-0.25, -0.2) is 0 Å². The number of carbonyl (C=O) groups is 2. The van der Waals surface area contributed by atoms with Crippen LogP contribution < -0.4 is 15.0 Å². The molecule has 8 heteroatoms. The first kappa shape index (κ1) is 18.8. The molecule has 5 nitrogen and oxygen atoms in total. The van der Waals surface area contributed by atoms with E-state index in [0.29, 0.717) is 12.1 Å². The van der Waals surface area contributed by atoms with Crippen molar-refractivity contribution in [3.63, 3.8) is 0 Å². The van der Waals surface area contributed by atoms with Crippen LogP contribution in [0.25, 0.3) is 0 Å². The molecule has 0 bridgehead atoms. The van der Waals surface area contributed by atoms with Crippen molar-refractivity contribution in [1.29, 1.82) is 0 Å². The zero-order valence-electron chi connectivity index (χ0n) is 14.5. The van der Waals surface area contributed by atoms with E-state index in [0.717, 1.165) is 11.6 Å². The maximum Gasteiger partial charge on any atom is 0.420 e. The number of hydrogen-bond donors (Lipinski definition) is 1. The molecular formula is C19H17F3N2O3. The van der Waals surface area contributed by atoms with E-state index in [9.17, 15) is 22.8 Å². The van der Waals surface area contributed by atoms with Gasteiger partial charge in [0.1, 0.15) is 6.61 Å². The summed E-state index contributed by atoms with van der Waals surface area (Å²) in [5.74, 6) is -0.905. The molecule has 3 rings (SSSR count). The van der Waals surface area contributed by atoms with E-state index in [-0.39, 0.29) is 30.5 Å². The lowest BCUT2D eigenvalue weighted by atomic mass is 10.1. The number of alkyl halides is 3. The summed E-state index contributed by atoms with van der Waals surface area (Å²) in [7, 11) is 0. The predicted octanol–water partition coefficient (Wildman–Crippen LogP) is 3.38. The van der Waals surface area contributed by atoms with Crippen LogP contribution in [0.1, 0.15) is 28.4 Å². The molecule has 0 saturated heterocycles. The topological polar surface area (TPSA) is 58.6 Å². The Balaban J connectivity index is 1.86. The SMILES string of the molecule is CC(=O)NCc1ccc(C(=O)N2CCOc3c2cccc3C(F)(F)F)cc1. The lowest BCUT2D eigenvalue weighted by Crippen LogP contribution is -2.38. The number of rotatable bonds is 3. The van der Waals surface area contributed by atoms with Gasteiger partial charge < -0.3 is 15.0 Å². The number of carbonyl (C=O) groups excluding carboxylic acids is 2. The minimum absolute atomic E-state index is 0.0214. The van der Waals surface area contributed by atoms with Gasteiger partial charge in [0.15, 0.2) is 5.75 Å². The molecule has 0 atom stereocenters. The summed E-state index contributed by atoms with van der Waals surface area (Å²) < 4.78 is 44.8. The third kappa shape index (κ3) is 4.05. The van der Waals surface area contributed by atoms with E-state index in [2.05, 4.69) is 5.32 Å². The molecule has 0 saturated carbocycles. The molecule has 1 aliphatic rings. The van der Waals surface area contributed by atoms with Gasteiger partial charge in [-0.05, 0) is 29.8 Å². The average molecular weight is 378 g/mol. The first-order valence-electron chi connectivity index (χ1n) is 8.25. The molecule has 0 unspecified atom stereocenters. The van der Waals surface area contributed by atoms with E-state index >= 15 is 0 Å². The second kappa shape index (κ2) is 7.30. The summed E-state index contributed by atoms with van der Waals surface area (Å²) in [4.78, 5) is 25.1. The molecule has 1 aliphatic heterocycles. The lowest BCUT2D eigenvalue weighted by Gasteiger charge is -2.31. The van der Waals surface area contributed by atoms with Gasteiger partial charge in [0, 0.05) is 19.0 Å². The van der Waals surface area contributed by atoms with Crippen LogP contribution in [0.5, 0.6) is 5.75 Å². The van der Waals surface area contributed by atoms with Gasteiger partial charge in [-0.15, -0.1) is 0 Å². The number of nitrogens with one attached hydrogen (secondary N) is 1. The number of ether oxygens (including phenoxy) is 1. The van der Waals surface area contributed by atoms with Crippen molar-refractivity contribution in [1.82, 2.24) is 5.32 Å². The summed E-state index contributed by atoms with van der Waals surface area (Å²) in [6.45, 7) is 1.87. The summed E-state index contributed by atoms with van der Waals surface area (Å²) in [6.07, 6.45) is -4.57. The van der Waals surface area contributed by atoms with Gasteiger partial charge in [-0.3, -0.25) is 9.59 Å². The van der Waals surface area contributed by atoms with Crippen molar-refractivity contribution >= 4 is 17.5 Å². The first-order chi connectivity index (χ1) is 12.8. The van der Waals surface area contributed by atoms with Gasteiger partial charge in [0.05, 0.1) is 17.8 Å². The Labute approximate surface area is 153 Å². The van der Waals surface area contributed by atoms with Crippen molar-refractivity contribution in [3.8, 4) is 5.75 Å². The largest absolute Gasteiger partial charge is 0.489 e. The molecule has 2 amide bonds. The number of nitrogens with zero attached hydrogens (tertiary/aromatic N) is 1. The van der Waals surface area contributed by atoms with Gasteiger partial charge in [-0.2, -0.15) is 13.2 Å². The van der Waals surface area contributed by atoms with Crippen LogP contribution in [0, 0.1) is 0 Å². The Morgan fingerprint density at radius 1 is 1.15 bits per heavy atom. The van der Waals surface area contributed by atoms with Crippen molar-refractivity contribution in [2.45, 2.75) is 19.6 Å². The maximum atomic E-state index is 13.2. The monoisotopic (exact) mass is 378 g/mol. The van der Waals surface area contributed by atoms with Crippen LogP contribution >= 0.6 is 0 Å². The summed E-state index contributed by atoms with van der Waals surface area (Å²) >= 11 is 0. The van der Waals surface area contributed by atoms with Crippen LogP contribution in [-0.4, -0.2) is 25.0 Å². The van der Waals surface area contributed by atoms with Crippen LogP contribution in [0.2, 0.25) is 0 Å². The fourth-order valence-electron chi connectivity index (χ4n) is 2.83. The van der Waals surface area contributed by atoms with Crippen molar-refractivity contribution in [2.75, 3.05) is 18.1 Å². The highest BCUT2D eigenvalue weighted by Gasteiger charge is 2.38. The maximum absolute atomic E-state index is 13.2. The quantitative estimate of drug-likeness (QED) is 0.891. The molecule has 2 aromatic rings. The Morgan fingerprint density at radius 3 is 2.48 bits per heavy atom. The van der Waals surface area contributed by atoms with E-state index in [4.69, 9.17) is 4.74 Å². The molecule has 0 fully saturated rings. The summed E-state index contributed by atoms with van der Waals surface area (Å²) in [6, 6.07) is 10.2. The number of hydrogen-bond acceptors (Lipinski definition) is 3. The van der Waals surface area contributed by atoms with E-state index in [1.807, 2.05) is 0 Å². The molecule has 1 N–H and O–H groups in total. The highest BCUT2D eigenvalue weighted by Crippen LogP contribution is 2.43. The molecule has 1 heterocycles. The normalized spacial score (nSPS) is 13.6. The third-order valence-electron chi connectivity index (χ3n) is 4.14. The average Bonchev–Trinajstić information content (AvgIpc) is 2.64. The van der Waals surface area contributed by atoms with Gasteiger partial charge in [0.2, 0.25) is 5.91 Å². The third-order valence-corrected chi connectivity index (χ3v) is 4.14. The van der Waals surface area contributed by atoms with Crippen molar-refractivity contribution < 1.29 is 27.5 Å². The second-order valence-electron chi connectivity index (χ2n) is 6.06. The highest BCUT2D eigenvalue weighted by atomic mass is 19.4. The van der Waals surface area contributed by atoms with Crippen molar-refractivity contribution in [2.24, 2.45) is 0 Å². The molecule has 0 radical (unpaired) electrons. The second-order valence-corrected chi connectivity index (χ2v) is 6.06. The van der Waals surface area contributed by atoms with E-state index in [1.165, 1.54) is 24.0 Å². The molecule has 27 heavy (non-hydrogen) atoms. The predicted molar refractivity (Wildman–Crippen MR) is 92.6 cm³/mol. The standard InChI is InChI=1S/C19H17F3N2O3/c1-12(25)23-11-13-5-7-14(8-6-13)18(26)24-9-10-27-17-15(19(20,21)22)3-2-4-16(17)24/h2-8H,9-11H2,1H3,(H,23,25). The lowest BCUT2D eigenvalue weighted by molar-refractivity contribution is -0.139. The summed E-state index contributed by atoms with van der Waals surface area (Å²) in [5, 5.41) is 2.65. The molecule has 0 spiro atoms. The van der Waals surface area contributed by atoms with Crippen LogP contribution in [0.3, 0.4) is 0 Å². The Morgan fingerprint density at radius 2 is 1.85 bits per heavy atom. The smallest absolute Gasteiger partial charge is 0.420 e. The van der Waals surface area contributed by atoms with Gasteiger partial charge in [-0.1, -0.05) is 18.2 Å². The van der Waals surface area contributed by atoms with E-state index in [1.54, 1.807) is 24.3 Å².